The summed E-state index contributed by atoms with van der Waals surface area (Å²) in [4.78, 5) is 35.5. The highest BCUT2D eigenvalue weighted by atomic mass is 19.4. The van der Waals surface area contributed by atoms with Crippen LogP contribution in [0.4, 0.5) is 19.0 Å². The molecule has 1 aromatic heterocycles. The number of nitrogens with zero attached hydrogens (tertiary/aromatic N) is 2. The number of aromatic nitrogens is 2. The number of rotatable bonds is 6. The number of hydrogen-bond acceptors (Lipinski definition) is 6. The number of ether oxygens (including phenoxy) is 1. The van der Waals surface area contributed by atoms with Crippen LogP contribution in [-0.2, 0) is 18.3 Å². The zero-order chi connectivity index (χ0) is 24.6. The second kappa shape index (κ2) is 11.0. The maximum absolute atomic E-state index is 12.1. The number of carboxylic acid groups (broad SMARTS) is 1. The van der Waals surface area contributed by atoms with Gasteiger partial charge in [0.25, 0.3) is 5.56 Å². The van der Waals surface area contributed by atoms with Gasteiger partial charge >= 0.3 is 17.8 Å². The Hall–Kier alpha value is -3.75. The van der Waals surface area contributed by atoms with Crippen LogP contribution >= 0.6 is 0 Å². The molecule has 0 amide bonds. The Bertz CT molecular complexity index is 1100. The number of halogens is 3. The van der Waals surface area contributed by atoms with Crippen molar-refractivity contribution in [2.75, 3.05) is 12.4 Å². The number of alkyl halides is 3. The van der Waals surface area contributed by atoms with Gasteiger partial charge in [-0.15, -0.1) is 0 Å². The molecule has 174 valence electrons. The number of benzene rings is 1. The van der Waals surface area contributed by atoms with E-state index in [2.05, 4.69) is 10.3 Å². The van der Waals surface area contributed by atoms with E-state index >= 15 is 0 Å². The van der Waals surface area contributed by atoms with E-state index in [1.807, 2.05) is 44.2 Å². The first-order chi connectivity index (χ1) is 14.8. The van der Waals surface area contributed by atoms with Gasteiger partial charge in [0.05, 0.1) is 7.11 Å². The molecule has 0 spiro atoms. The number of carboxylic acids is 1. The molecule has 9 nitrogen and oxygen atoms in total. The molecule has 12 heteroatoms. The summed E-state index contributed by atoms with van der Waals surface area (Å²) in [5.74, 6) is -1.64. The van der Waals surface area contributed by atoms with E-state index in [0.29, 0.717) is 6.42 Å². The molecule has 32 heavy (non-hydrogen) atoms. The van der Waals surface area contributed by atoms with Gasteiger partial charge in [0.1, 0.15) is 17.6 Å². The van der Waals surface area contributed by atoms with Gasteiger partial charge in [-0.3, -0.25) is 14.3 Å². The Labute approximate surface area is 181 Å². The number of H-pyrrole nitrogens is 1. The van der Waals surface area contributed by atoms with E-state index < -0.39 is 23.4 Å². The van der Waals surface area contributed by atoms with Crippen LogP contribution in [0, 0.1) is 17.2 Å². The smallest absolute Gasteiger partial charge is 0.490 e. The van der Waals surface area contributed by atoms with E-state index in [4.69, 9.17) is 14.6 Å². The predicted octanol–water partition coefficient (Wildman–Crippen LogP) is 2.27. The van der Waals surface area contributed by atoms with Gasteiger partial charge in [0, 0.05) is 13.1 Å². The van der Waals surface area contributed by atoms with Crippen molar-refractivity contribution in [1.29, 1.82) is 5.26 Å². The minimum Gasteiger partial charge on any atom is -0.496 e. The molecule has 3 N–H and O–H groups in total. The van der Waals surface area contributed by atoms with Crippen LogP contribution in [0.2, 0.25) is 0 Å². The average molecular weight is 456 g/mol. The van der Waals surface area contributed by atoms with Crippen molar-refractivity contribution in [3.05, 3.63) is 56.2 Å². The van der Waals surface area contributed by atoms with Gasteiger partial charge in [-0.1, -0.05) is 32.0 Å². The molecule has 2 aromatic rings. The average Bonchev–Trinajstić information content (AvgIpc) is 2.71. The van der Waals surface area contributed by atoms with Gasteiger partial charge in [-0.2, -0.15) is 18.4 Å². The number of para-hydroxylation sites is 1. The number of aliphatic carboxylic acids is 1. The lowest BCUT2D eigenvalue weighted by Gasteiger charge is -2.24. The number of methoxy groups -OCH3 is 1. The highest BCUT2D eigenvalue weighted by Gasteiger charge is 2.38. The number of anilines is 1. The van der Waals surface area contributed by atoms with Crippen LogP contribution < -0.4 is 21.3 Å². The highest BCUT2D eigenvalue weighted by molar-refractivity contribution is 5.73. The second-order valence-corrected chi connectivity index (χ2v) is 6.97. The van der Waals surface area contributed by atoms with Crippen molar-refractivity contribution >= 4 is 11.8 Å². The van der Waals surface area contributed by atoms with Crippen LogP contribution in [0.3, 0.4) is 0 Å². The highest BCUT2D eigenvalue weighted by Crippen LogP contribution is 2.23. The molecule has 1 aromatic carbocycles. The van der Waals surface area contributed by atoms with Gasteiger partial charge in [0.2, 0.25) is 0 Å². The molecule has 0 aliphatic carbocycles. The van der Waals surface area contributed by atoms with Gasteiger partial charge in [-0.25, -0.2) is 9.59 Å². The third kappa shape index (κ3) is 6.90. The van der Waals surface area contributed by atoms with Crippen LogP contribution in [0.15, 0.2) is 33.9 Å². The number of carbonyl (C=O) groups is 1. The number of nitrogens with one attached hydrogen (secondary N) is 2. The maximum atomic E-state index is 12.1. The molecular weight excluding hydrogens is 433 g/mol. The van der Waals surface area contributed by atoms with Crippen molar-refractivity contribution in [2.45, 2.75) is 32.5 Å². The fraction of sp³-hybridized carbons (Fsp3) is 0.400. The molecule has 0 bridgehead atoms. The van der Waals surface area contributed by atoms with Crippen LogP contribution in [-0.4, -0.2) is 40.0 Å². The molecule has 1 atom stereocenters. The Morgan fingerprint density at radius 3 is 2.34 bits per heavy atom. The molecule has 0 saturated carbocycles. The Kier molecular flexibility index (Phi) is 9.06. The van der Waals surface area contributed by atoms with Crippen molar-refractivity contribution in [2.24, 2.45) is 13.0 Å². The van der Waals surface area contributed by atoms with Crippen LogP contribution in [0.1, 0.15) is 25.0 Å². The van der Waals surface area contributed by atoms with E-state index in [1.165, 1.54) is 7.05 Å². The first-order valence-corrected chi connectivity index (χ1v) is 9.25. The molecule has 1 unspecified atom stereocenters. The SMILES string of the molecule is COc1ccccc1CC(Nc1[nH]c(=O)n(C)c(=O)c1C#N)C(C)C.O=C(O)C(F)(F)F. The third-order valence-corrected chi connectivity index (χ3v) is 4.43. The molecule has 0 radical (unpaired) electrons. The largest absolute Gasteiger partial charge is 0.496 e. The minimum atomic E-state index is -5.08. The van der Waals surface area contributed by atoms with Crippen LogP contribution in [0.25, 0.3) is 0 Å². The molecule has 0 saturated heterocycles. The van der Waals surface area contributed by atoms with Crippen molar-refractivity contribution in [3.8, 4) is 11.8 Å². The van der Waals surface area contributed by atoms with Gasteiger partial charge < -0.3 is 15.2 Å². The van der Waals surface area contributed by atoms with Crippen LogP contribution in [0.5, 0.6) is 5.75 Å². The first kappa shape index (κ1) is 26.3. The Morgan fingerprint density at radius 2 is 1.88 bits per heavy atom. The van der Waals surface area contributed by atoms with E-state index in [-0.39, 0.29) is 23.3 Å². The lowest BCUT2D eigenvalue weighted by Crippen LogP contribution is -2.38. The summed E-state index contributed by atoms with van der Waals surface area (Å²) in [6, 6.07) is 9.44. The number of nitriles is 1. The topological polar surface area (TPSA) is 137 Å². The molecule has 0 fully saturated rings. The summed E-state index contributed by atoms with van der Waals surface area (Å²) >= 11 is 0. The van der Waals surface area contributed by atoms with Gasteiger partial charge in [0.15, 0.2) is 5.56 Å². The third-order valence-electron chi connectivity index (χ3n) is 4.43. The Morgan fingerprint density at radius 1 is 1.31 bits per heavy atom. The molecule has 2 rings (SSSR count). The normalized spacial score (nSPS) is 11.7. The van der Waals surface area contributed by atoms with Crippen molar-refractivity contribution in [3.63, 3.8) is 0 Å². The molecule has 0 aliphatic rings. The summed E-state index contributed by atoms with van der Waals surface area (Å²) in [6.45, 7) is 4.05. The molecule has 0 aliphatic heterocycles. The molecular formula is C20H23F3N4O5. The van der Waals surface area contributed by atoms with Crippen molar-refractivity contribution < 1.29 is 27.8 Å². The zero-order valence-corrected chi connectivity index (χ0v) is 17.8. The predicted molar refractivity (Wildman–Crippen MR) is 110 cm³/mol. The van der Waals surface area contributed by atoms with Gasteiger partial charge in [-0.05, 0) is 24.0 Å². The number of hydrogen-bond donors (Lipinski definition) is 3. The summed E-state index contributed by atoms with van der Waals surface area (Å²) < 4.78 is 38.0. The monoisotopic (exact) mass is 456 g/mol. The summed E-state index contributed by atoms with van der Waals surface area (Å²) in [5.41, 5.74) is -0.284. The fourth-order valence-corrected chi connectivity index (χ4v) is 2.58. The summed E-state index contributed by atoms with van der Waals surface area (Å²) in [7, 11) is 2.95. The zero-order valence-electron chi connectivity index (χ0n) is 17.8. The standard InChI is InChI=1S/C18H22N4O3.C2HF3O2/c1-11(2)14(9-12-7-5-6-8-15(12)25-4)20-16-13(10-19)17(23)22(3)18(24)21-16;3-2(4,5)1(6)7/h5-8,11,14,20H,9H2,1-4H3,(H,21,24);(H,6,7). The quantitative estimate of drug-likeness (QED) is 0.606. The van der Waals surface area contributed by atoms with E-state index in [1.54, 1.807) is 7.11 Å². The number of aromatic amines is 1. The van der Waals surface area contributed by atoms with Crippen molar-refractivity contribution in [1.82, 2.24) is 9.55 Å². The lowest BCUT2D eigenvalue weighted by atomic mass is 9.95. The molecule has 1 heterocycles. The summed E-state index contributed by atoms with van der Waals surface area (Å²) in [5, 5.41) is 19.6. The summed E-state index contributed by atoms with van der Waals surface area (Å²) in [6.07, 6.45) is -4.47. The van der Waals surface area contributed by atoms with E-state index in [0.717, 1.165) is 15.9 Å². The first-order valence-electron chi connectivity index (χ1n) is 9.25. The maximum Gasteiger partial charge on any atom is 0.490 e. The Balaban J connectivity index is 0.000000633. The fourth-order valence-electron chi connectivity index (χ4n) is 2.58. The minimum absolute atomic E-state index is 0.104. The lowest BCUT2D eigenvalue weighted by molar-refractivity contribution is -0.192. The van der Waals surface area contributed by atoms with E-state index in [9.17, 15) is 28.0 Å². The second-order valence-electron chi connectivity index (χ2n) is 6.97.